The highest BCUT2D eigenvalue weighted by molar-refractivity contribution is 5.97. The zero-order chi connectivity index (χ0) is 20.4. The van der Waals surface area contributed by atoms with Gasteiger partial charge in [0.2, 0.25) is 0 Å². The minimum Gasteiger partial charge on any atom is -0.457 e. The standard InChI is InChI=1S/C21H24N2O5/c1-15(2)11-12-22-21(26)23-19(24)14-27-20(25)16-7-6-10-18(13-16)28-17-8-4-3-5-9-17/h3-10,13,15H,11-12,14H2,1-2H3,(H2,22,23,24,26). The summed E-state index contributed by atoms with van der Waals surface area (Å²) in [5, 5.41) is 4.68. The Labute approximate surface area is 164 Å². The first kappa shape index (κ1) is 21.0. The Morgan fingerprint density at radius 3 is 2.39 bits per heavy atom. The summed E-state index contributed by atoms with van der Waals surface area (Å²) in [5.74, 6) is 0.157. The quantitative estimate of drug-likeness (QED) is 0.680. The molecule has 2 aromatic rings. The molecule has 0 spiro atoms. The van der Waals surface area contributed by atoms with Crippen molar-refractivity contribution in [2.75, 3.05) is 13.2 Å². The summed E-state index contributed by atoms with van der Waals surface area (Å²) in [6, 6.07) is 15.0. The van der Waals surface area contributed by atoms with Crippen LogP contribution in [-0.2, 0) is 9.53 Å². The molecule has 3 amide bonds. The van der Waals surface area contributed by atoms with E-state index in [2.05, 4.69) is 10.6 Å². The molecule has 0 radical (unpaired) electrons. The first-order valence-corrected chi connectivity index (χ1v) is 9.02. The molecule has 0 atom stereocenters. The molecule has 7 heteroatoms. The van der Waals surface area contributed by atoms with E-state index in [1.165, 1.54) is 6.07 Å². The Bertz CT molecular complexity index is 805. The van der Waals surface area contributed by atoms with Gasteiger partial charge in [0, 0.05) is 6.54 Å². The van der Waals surface area contributed by atoms with Gasteiger partial charge in [0.1, 0.15) is 11.5 Å². The monoisotopic (exact) mass is 384 g/mol. The Balaban J connectivity index is 1.80. The average molecular weight is 384 g/mol. The van der Waals surface area contributed by atoms with Crippen LogP contribution in [0.15, 0.2) is 54.6 Å². The number of para-hydroxylation sites is 1. The molecule has 2 aromatic carbocycles. The molecule has 0 aliphatic heterocycles. The van der Waals surface area contributed by atoms with E-state index >= 15 is 0 Å². The highest BCUT2D eigenvalue weighted by Gasteiger charge is 2.13. The summed E-state index contributed by atoms with van der Waals surface area (Å²) in [7, 11) is 0. The number of amides is 3. The van der Waals surface area contributed by atoms with Crippen LogP contribution in [0.4, 0.5) is 4.79 Å². The number of benzene rings is 2. The van der Waals surface area contributed by atoms with Crippen LogP contribution in [0.25, 0.3) is 0 Å². The third-order valence-electron chi connectivity index (χ3n) is 3.64. The summed E-state index contributed by atoms with van der Waals surface area (Å²) in [4.78, 5) is 35.4. The highest BCUT2D eigenvalue weighted by Crippen LogP contribution is 2.22. The third-order valence-corrected chi connectivity index (χ3v) is 3.64. The van der Waals surface area contributed by atoms with Gasteiger partial charge in [0.05, 0.1) is 5.56 Å². The molecule has 0 saturated heterocycles. The van der Waals surface area contributed by atoms with Crippen LogP contribution < -0.4 is 15.4 Å². The topological polar surface area (TPSA) is 93.7 Å². The average Bonchev–Trinajstić information content (AvgIpc) is 2.67. The summed E-state index contributed by atoms with van der Waals surface area (Å²) >= 11 is 0. The Kier molecular flexibility index (Phi) is 8.02. The van der Waals surface area contributed by atoms with E-state index < -0.39 is 24.5 Å². The summed E-state index contributed by atoms with van der Waals surface area (Å²) in [6.45, 7) is 3.97. The highest BCUT2D eigenvalue weighted by atomic mass is 16.5. The second-order valence-electron chi connectivity index (χ2n) is 6.51. The fraction of sp³-hybridized carbons (Fsp3) is 0.286. The Hall–Kier alpha value is -3.35. The molecule has 0 bridgehead atoms. The number of carbonyl (C=O) groups is 3. The van der Waals surface area contributed by atoms with Gasteiger partial charge in [-0.05, 0) is 42.7 Å². The lowest BCUT2D eigenvalue weighted by Gasteiger charge is -2.09. The van der Waals surface area contributed by atoms with Gasteiger partial charge < -0.3 is 14.8 Å². The predicted molar refractivity (Wildman–Crippen MR) is 104 cm³/mol. The molecule has 0 unspecified atom stereocenters. The molecular formula is C21H24N2O5. The van der Waals surface area contributed by atoms with Crippen molar-refractivity contribution in [1.82, 2.24) is 10.6 Å². The van der Waals surface area contributed by atoms with Gasteiger partial charge in [0.25, 0.3) is 5.91 Å². The minimum atomic E-state index is -0.702. The van der Waals surface area contributed by atoms with Crippen LogP contribution in [0.5, 0.6) is 11.5 Å². The zero-order valence-electron chi connectivity index (χ0n) is 15.9. The van der Waals surface area contributed by atoms with Gasteiger partial charge >= 0.3 is 12.0 Å². The van der Waals surface area contributed by atoms with Gasteiger partial charge in [-0.25, -0.2) is 9.59 Å². The van der Waals surface area contributed by atoms with Crippen molar-refractivity contribution in [2.24, 2.45) is 5.92 Å². The molecule has 0 aliphatic carbocycles. The molecule has 2 rings (SSSR count). The molecule has 0 heterocycles. The van der Waals surface area contributed by atoms with Crippen molar-refractivity contribution in [1.29, 1.82) is 0 Å². The number of ether oxygens (including phenoxy) is 2. The van der Waals surface area contributed by atoms with Crippen molar-refractivity contribution in [2.45, 2.75) is 20.3 Å². The summed E-state index contributed by atoms with van der Waals surface area (Å²) in [6.07, 6.45) is 0.804. The largest absolute Gasteiger partial charge is 0.457 e. The second-order valence-corrected chi connectivity index (χ2v) is 6.51. The second kappa shape index (κ2) is 10.7. The fourth-order valence-electron chi connectivity index (χ4n) is 2.21. The molecule has 28 heavy (non-hydrogen) atoms. The first-order valence-electron chi connectivity index (χ1n) is 9.02. The van der Waals surface area contributed by atoms with Crippen molar-refractivity contribution in [3.8, 4) is 11.5 Å². The third kappa shape index (κ3) is 7.49. The van der Waals surface area contributed by atoms with Gasteiger partial charge in [-0.1, -0.05) is 38.1 Å². The van der Waals surface area contributed by atoms with Gasteiger partial charge in [-0.2, -0.15) is 0 Å². The molecule has 0 aromatic heterocycles. The predicted octanol–water partition coefficient (Wildman–Crippen LogP) is 3.51. The van der Waals surface area contributed by atoms with E-state index in [1.54, 1.807) is 30.3 Å². The lowest BCUT2D eigenvalue weighted by Crippen LogP contribution is -2.41. The maximum atomic E-state index is 12.1. The molecule has 0 aliphatic rings. The van der Waals surface area contributed by atoms with E-state index in [9.17, 15) is 14.4 Å². The lowest BCUT2D eigenvalue weighted by molar-refractivity contribution is -0.123. The van der Waals surface area contributed by atoms with Crippen LogP contribution in [0.2, 0.25) is 0 Å². The summed E-state index contributed by atoms with van der Waals surface area (Å²) < 4.78 is 10.6. The van der Waals surface area contributed by atoms with Crippen molar-refractivity contribution < 1.29 is 23.9 Å². The number of rotatable bonds is 8. The number of carbonyl (C=O) groups excluding carboxylic acids is 3. The lowest BCUT2D eigenvalue weighted by atomic mass is 10.1. The van der Waals surface area contributed by atoms with Crippen molar-refractivity contribution in [3.63, 3.8) is 0 Å². The van der Waals surface area contributed by atoms with Crippen LogP contribution in [0.1, 0.15) is 30.6 Å². The van der Waals surface area contributed by atoms with Gasteiger partial charge in [-0.3, -0.25) is 10.1 Å². The van der Waals surface area contributed by atoms with E-state index in [0.29, 0.717) is 24.0 Å². The molecule has 0 fully saturated rings. The minimum absolute atomic E-state index is 0.239. The zero-order valence-corrected chi connectivity index (χ0v) is 15.9. The normalized spacial score (nSPS) is 10.2. The molecule has 0 saturated carbocycles. The Morgan fingerprint density at radius 1 is 0.964 bits per heavy atom. The number of hydrogen-bond acceptors (Lipinski definition) is 5. The van der Waals surface area contributed by atoms with Crippen LogP contribution in [0, 0.1) is 5.92 Å². The van der Waals surface area contributed by atoms with Crippen molar-refractivity contribution in [3.05, 3.63) is 60.2 Å². The van der Waals surface area contributed by atoms with E-state index in [1.807, 2.05) is 32.0 Å². The van der Waals surface area contributed by atoms with E-state index in [4.69, 9.17) is 9.47 Å². The van der Waals surface area contributed by atoms with Crippen molar-refractivity contribution >= 4 is 17.9 Å². The molecule has 148 valence electrons. The first-order chi connectivity index (χ1) is 13.4. The SMILES string of the molecule is CC(C)CCNC(=O)NC(=O)COC(=O)c1cccc(Oc2ccccc2)c1. The smallest absolute Gasteiger partial charge is 0.338 e. The number of esters is 1. The fourth-order valence-corrected chi connectivity index (χ4v) is 2.21. The number of nitrogens with one attached hydrogen (secondary N) is 2. The van der Waals surface area contributed by atoms with E-state index in [0.717, 1.165) is 6.42 Å². The molecule has 2 N–H and O–H groups in total. The summed E-state index contributed by atoms with van der Waals surface area (Å²) in [5.41, 5.74) is 0.239. The molecule has 7 nitrogen and oxygen atoms in total. The maximum Gasteiger partial charge on any atom is 0.338 e. The van der Waals surface area contributed by atoms with Gasteiger partial charge in [0.15, 0.2) is 6.61 Å². The Morgan fingerprint density at radius 2 is 1.68 bits per heavy atom. The van der Waals surface area contributed by atoms with Crippen LogP contribution in [0.3, 0.4) is 0 Å². The number of urea groups is 1. The maximum absolute atomic E-state index is 12.1. The van der Waals surface area contributed by atoms with Gasteiger partial charge in [-0.15, -0.1) is 0 Å². The molecular weight excluding hydrogens is 360 g/mol. The van der Waals surface area contributed by atoms with Crippen LogP contribution in [-0.4, -0.2) is 31.1 Å². The number of hydrogen-bond donors (Lipinski definition) is 2. The van der Waals surface area contributed by atoms with E-state index in [-0.39, 0.29) is 5.56 Å². The number of imide groups is 1. The van der Waals surface area contributed by atoms with Crippen LogP contribution >= 0.6 is 0 Å².